The van der Waals surface area contributed by atoms with E-state index >= 15 is 0 Å². The highest BCUT2D eigenvalue weighted by Crippen LogP contribution is 2.22. The van der Waals surface area contributed by atoms with Gasteiger partial charge in [-0.25, -0.2) is 0 Å². The Morgan fingerprint density at radius 1 is 1.53 bits per heavy atom. The summed E-state index contributed by atoms with van der Waals surface area (Å²) < 4.78 is 0. The molecule has 19 heavy (non-hydrogen) atoms. The van der Waals surface area contributed by atoms with E-state index in [-0.39, 0.29) is 0 Å². The van der Waals surface area contributed by atoms with Gasteiger partial charge in [-0.1, -0.05) is 24.4 Å². The normalized spacial score (nSPS) is 20.2. The smallest absolute Gasteiger partial charge is 0.106 e. The average molecular weight is 277 g/mol. The number of likely N-dealkylation sites (tertiary alicyclic amines) is 1. The van der Waals surface area contributed by atoms with Crippen LogP contribution in [0, 0.1) is 12.8 Å². The second-order valence-electron chi connectivity index (χ2n) is 5.51. The minimum absolute atomic E-state index is 0.465. The fourth-order valence-corrected chi connectivity index (χ4v) is 2.96. The van der Waals surface area contributed by atoms with E-state index in [0.29, 0.717) is 10.9 Å². The Bertz CT molecular complexity index is 459. The van der Waals surface area contributed by atoms with Crippen molar-refractivity contribution in [2.45, 2.75) is 19.8 Å². The molecule has 1 aliphatic heterocycles. The molecule has 1 atom stereocenters. The van der Waals surface area contributed by atoms with E-state index in [1.165, 1.54) is 31.5 Å². The molecular weight excluding hydrogens is 254 g/mol. The molecule has 0 saturated carbocycles. The summed E-state index contributed by atoms with van der Waals surface area (Å²) in [5, 5.41) is 3.56. The Balaban J connectivity index is 2.04. The van der Waals surface area contributed by atoms with Gasteiger partial charge >= 0.3 is 0 Å². The molecular formula is C15H23N3S. The van der Waals surface area contributed by atoms with E-state index in [9.17, 15) is 0 Å². The van der Waals surface area contributed by atoms with Crippen molar-refractivity contribution in [3.8, 4) is 0 Å². The maximum absolute atomic E-state index is 5.80. The Morgan fingerprint density at radius 3 is 3.00 bits per heavy atom. The summed E-state index contributed by atoms with van der Waals surface area (Å²) in [6.07, 6.45) is 2.59. The molecule has 4 heteroatoms. The monoisotopic (exact) mass is 277 g/mol. The van der Waals surface area contributed by atoms with E-state index in [2.05, 4.69) is 30.3 Å². The highest BCUT2D eigenvalue weighted by atomic mass is 32.1. The second-order valence-corrected chi connectivity index (χ2v) is 5.95. The number of nitrogens with zero attached hydrogens (tertiary/aromatic N) is 1. The fourth-order valence-electron chi connectivity index (χ4n) is 2.79. The molecule has 1 saturated heterocycles. The molecule has 0 amide bonds. The van der Waals surface area contributed by atoms with Crippen LogP contribution in [0.2, 0.25) is 0 Å². The van der Waals surface area contributed by atoms with Crippen molar-refractivity contribution in [1.82, 2.24) is 4.90 Å². The van der Waals surface area contributed by atoms with Crippen LogP contribution in [-0.4, -0.2) is 36.6 Å². The molecule has 1 aromatic carbocycles. The van der Waals surface area contributed by atoms with Crippen LogP contribution < -0.4 is 11.1 Å². The van der Waals surface area contributed by atoms with Gasteiger partial charge in [0.1, 0.15) is 4.99 Å². The Kier molecular flexibility index (Phi) is 4.77. The molecule has 3 N–H and O–H groups in total. The maximum Gasteiger partial charge on any atom is 0.106 e. The molecule has 1 aromatic rings. The summed E-state index contributed by atoms with van der Waals surface area (Å²) in [4.78, 5) is 2.87. The lowest BCUT2D eigenvalue weighted by Gasteiger charge is -2.30. The molecule has 0 radical (unpaired) electrons. The highest BCUT2D eigenvalue weighted by molar-refractivity contribution is 7.80. The number of thiocarbonyl (C=S) groups is 1. The van der Waals surface area contributed by atoms with Crippen molar-refractivity contribution < 1.29 is 0 Å². The number of hydrogen-bond acceptors (Lipinski definition) is 3. The van der Waals surface area contributed by atoms with E-state index in [4.69, 9.17) is 18.0 Å². The van der Waals surface area contributed by atoms with Gasteiger partial charge in [0.25, 0.3) is 0 Å². The number of rotatable bonds is 4. The van der Waals surface area contributed by atoms with E-state index in [0.717, 1.165) is 17.8 Å². The van der Waals surface area contributed by atoms with Crippen LogP contribution in [0.5, 0.6) is 0 Å². The van der Waals surface area contributed by atoms with Gasteiger partial charge in [-0.2, -0.15) is 0 Å². The highest BCUT2D eigenvalue weighted by Gasteiger charge is 2.17. The van der Waals surface area contributed by atoms with Crippen LogP contribution in [-0.2, 0) is 0 Å². The lowest BCUT2D eigenvalue weighted by molar-refractivity contribution is 0.217. The lowest BCUT2D eigenvalue weighted by Crippen LogP contribution is -2.35. The predicted octanol–water partition coefficient (Wildman–Crippen LogP) is 2.38. The molecule has 1 fully saturated rings. The van der Waals surface area contributed by atoms with Crippen LogP contribution >= 0.6 is 12.2 Å². The van der Waals surface area contributed by atoms with Crippen molar-refractivity contribution >= 4 is 22.9 Å². The minimum atomic E-state index is 0.465. The molecule has 0 aliphatic carbocycles. The number of piperidine rings is 1. The summed E-state index contributed by atoms with van der Waals surface area (Å²) in [7, 11) is 2.19. The lowest BCUT2D eigenvalue weighted by atomic mass is 9.98. The summed E-state index contributed by atoms with van der Waals surface area (Å²) in [6, 6.07) is 6.09. The standard InChI is InChI=1S/C15H23N3S/c1-11-5-3-7-13(15(16)19)14(11)17-9-12-6-4-8-18(2)10-12/h3,5,7,12,17H,4,6,8-10H2,1-2H3,(H2,16,19). The van der Waals surface area contributed by atoms with Gasteiger partial charge in [-0.05, 0) is 50.9 Å². The SMILES string of the molecule is Cc1cccc(C(N)=S)c1NCC1CCCN(C)C1. The quantitative estimate of drug-likeness (QED) is 0.829. The van der Waals surface area contributed by atoms with Crippen LogP contribution in [0.3, 0.4) is 0 Å². The summed E-state index contributed by atoms with van der Waals surface area (Å²) >= 11 is 5.13. The summed E-state index contributed by atoms with van der Waals surface area (Å²) in [5.74, 6) is 0.706. The number of anilines is 1. The van der Waals surface area contributed by atoms with Gasteiger partial charge in [0.05, 0.1) is 0 Å². The van der Waals surface area contributed by atoms with Gasteiger partial charge in [0, 0.05) is 24.3 Å². The zero-order chi connectivity index (χ0) is 13.8. The van der Waals surface area contributed by atoms with E-state index < -0.39 is 0 Å². The second kappa shape index (κ2) is 6.35. The predicted molar refractivity (Wildman–Crippen MR) is 85.8 cm³/mol. The third kappa shape index (κ3) is 3.67. The van der Waals surface area contributed by atoms with Crippen molar-refractivity contribution in [3.05, 3.63) is 29.3 Å². The van der Waals surface area contributed by atoms with Crippen molar-refractivity contribution in [2.75, 3.05) is 32.0 Å². The molecule has 104 valence electrons. The third-order valence-corrected chi connectivity index (χ3v) is 4.05. The molecule has 0 bridgehead atoms. The zero-order valence-corrected chi connectivity index (χ0v) is 12.6. The van der Waals surface area contributed by atoms with Crippen LogP contribution in [0.25, 0.3) is 0 Å². The Hall–Kier alpha value is -1.13. The van der Waals surface area contributed by atoms with Gasteiger partial charge in [-0.3, -0.25) is 0 Å². The van der Waals surface area contributed by atoms with E-state index in [1.54, 1.807) is 0 Å². The van der Waals surface area contributed by atoms with Gasteiger partial charge in [0.2, 0.25) is 0 Å². The van der Waals surface area contributed by atoms with Crippen LogP contribution in [0.1, 0.15) is 24.0 Å². The van der Waals surface area contributed by atoms with Crippen molar-refractivity contribution in [2.24, 2.45) is 11.7 Å². The first-order valence-electron chi connectivity index (χ1n) is 6.89. The first-order chi connectivity index (χ1) is 9.08. The number of nitrogens with two attached hydrogens (primary N) is 1. The number of benzene rings is 1. The molecule has 1 aliphatic rings. The summed E-state index contributed by atoms with van der Waals surface area (Å²) in [5.41, 5.74) is 9.06. The zero-order valence-electron chi connectivity index (χ0n) is 11.8. The molecule has 3 nitrogen and oxygen atoms in total. The van der Waals surface area contributed by atoms with Crippen LogP contribution in [0.15, 0.2) is 18.2 Å². The Labute approximate surface area is 121 Å². The maximum atomic E-state index is 5.80. The molecule has 0 spiro atoms. The third-order valence-electron chi connectivity index (χ3n) is 3.83. The Morgan fingerprint density at radius 2 is 2.32 bits per heavy atom. The largest absolute Gasteiger partial charge is 0.389 e. The fraction of sp³-hybridized carbons (Fsp3) is 0.533. The average Bonchev–Trinajstić information content (AvgIpc) is 2.37. The van der Waals surface area contributed by atoms with Gasteiger partial charge < -0.3 is 16.0 Å². The van der Waals surface area contributed by atoms with E-state index in [1.807, 2.05) is 12.1 Å². The summed E-state index contributed by atoms with van der Waals surface area (Å²) in [6.45, 7) is 5.47. The first kappa shape index (κ1) is 14.3. The molecule has 1 unspecified atom stereocenters. The van der Waals surface area contributed by atoms with Crippen LogP contribution in [0.4, 0.5) is 5.69 Å². The van der Waals surface area contributed by atoms with Crippen molar-refractivity contribution in [1.29, 1.82) is 0 Å². The van der Waals surface area contributed by atoms with Gasteiger partial charge in [0.15, 0.2) is 0 Å². The number of para-hydroxylation sites is 1. The number of hydrogen-bond donors (Lipinski definition) is 2. The molecule has 1 heterocycles. The topological polar surface area (TPSA) is 41.3 Å². The first-order valence-corrected chi connectivity index (χ1v) is 7.30. The van der Waals surface area contributed by atoms with Gasteiger partial charge in [-0.15, -0.1) is 0 Å². The van der Waals surface area contributed by atoms with Crippen molar-refractivity contribution in [3.63, 3.8) is 0 Å². The number of aryl methyl sites for hydroxylation is 1. The minimum Gasteiger partial charge on any atom is -0.389 e. The molecule has 2 rings (SSSR count). The number of nitrogens with one attached hydrogen (secondary N) is 1. The molecule has 0 aromatic heterocycles.